The fourth-order valence-electron chi connectivity index (χ4n) is 8.29. The van der Waals surface area contributed by atoms with E-state index in [1.165, 1.54) is 44.1 Å². The van der Waals surface area contributed by atoms with Crippen molar-refractivity contribution in [2.75, 3.05) is 6.54 Å². The average molecular weight is 407 g/mol. The van der Waals surface area contributed by atoms with Gasteiger partial charge in [0.25, 0.3) is 5.56 Å². The molecule has 1 amide bonds. The highest BCUT2D eigenvalue weighted by molar-refractivity contribution is 5.80. The molecule has 1 aliphatic heterocycles. The second kappa shape index (κ2) is 6.35. The summed E-state index contributed by atoms with van der Waals surface area (Å²) >= 11 is 0. The number of hydrogen-bond acceptors (Lipinski definition) is 2. The van der Waals surface area contributed by atoms with Gasteiger partial charge in [0.05, 0.1) is 5.52 Å². The van der Waals surface area contributed by atoms with Crippen LogP contribution in [0, 0.1) is 23.2 Å². The first-order valence-corrected chi connectivity index (χ1v) is 11.5. The number of hydrogen-bond donors (Lipinski definition) is 1. The molecular weight excluding hydrogens is 376 g/mol. The summed E-state index contributed by atoms with van der Waals surface area (Å²) in [5.74, 6) is 2.66. The Morgan fingerprint density at radius 3 is 2.33 bits per heavy atom. The van der Waals surface area contributed by atoms with Crippen molar-refractivity contribution in [1.82, 2.24) is 9.47 Å². The number of amides is 1. The first kappa shape index (κ1) is 18.5. The van der Waals surface area contributed by atoms with Crippen molar-refractivity contribution in [3.8, 4) is 0 Å². The van der Waals surface area contributed by atoms with E-state index in [-0.39, 0.29) is 22.9 Å². The van der Waals surface area contributed by atoms with Gasteiger partial charge in [-0.2, -0.15) is 0 Å². The molecule has 158 valence electrons. The smallest absolute Gasteiger partial charge is 0.407 e. The van der Waals surface area contributed by atoms with E-state index in [0.717, 1.165) is 35.1 Å². The third kappa shape index (κ3) is 2.60. The van der Waals surface area contributed by atoms with Crippen LogP contribution < -0.4 is 5.56 Å². The lowest BCUT2D eigenvalue weighted by Crippen LogP contribution is -2.57. The monoisotopic (exact) mass is 406 g/mol. The molecule has 0 spiro atoms. The van der Waals surface area contributed by atoms with E-state index in [2.05, 4.69) is 12.1 Å². The number of rotatable bonds is 2. The fourth-order valence-corrected chi connectivity index (χ4v) is 8.29. The lowest BCUT2D eigenvalue weighted by atomic mass is 9.46. The van der Waals surface area contributed by atoms with Crippen LogP contribution in [-0.2, 0) is 7.05 Å². The fraction of sp³-hybridized carbons (Fsp3) is 0.600. The van der Waals surface area contributed by atoms with Gasteiger partial charge in [-0.1, -0.05) is 6.07 Å². The summed E-state index contributed by atoms with van der Waals surface area (Å²) < 4.78 is 1.69. The Bertz CT molecular complexity index is 1050. The van der Waals surface area contributed by atoms with Crippen LogP contribution in [0.2, 0.25) is 0 Å². The highest BCUT2D eigenvalue weighted by atomic mass is 16.4. The summed E-state index contributed by atoms with van der Waals surface area (Å²) in [6.07, 6.45) is 7.90. The van der Waals surface area contributed by atoms with Gasteiger partial charge in [0.15, 0.2) is 0 Å². The van der Waals surface area contributed by atoms with E-state index < -0.39 is 6.09 Å². The summed E-state index contributed by atoms with van der Waals surface area (Å²) in [4.78, 5) is 26.1. The van der Waals surface area contributed by atoms with Crippen LogP contribution in [0.3, 0.4) is 0 Å². The number of carboxylic acid groups (broad SMARTS) is 1. The summed E-state index contributed by atoms with van der Waals surface area (Å²) in [5.41, 5.74) is 2.34. The van der Waals surface area contributed by atoms with Crippen LogP contribution >= 0.6 is 0 Å². The maximum Gasteiger partial charge on any atom is 0.407 e. The molecule has 1 N–H and O–H groups in total. The number of aryl methyl sites for hydroxylation is 1. The third-order valence-electron chi connectivity index (χ3n) is 8.93. The summed E-state index contributed by atoms with van der Waals surface area (Å²) in [6, 6.07) is 10.0. The van der Waals surface area contributed by atoms with Crippen LogP contribution in [0.25, 0.3) is 10.9 Å². The highest BCUT2D eigenvalue weighted by Gasteiger charge is 2.59. The van der Waals surface area contributed by atoms with Gasteiger partial charge in [0, 0.05) is 31.6 Å². The molecule has 2 aromatic rings. The van der Waals surface area contributed by atoms with Crippen molar-refractivity contribution >= 4 is 17.0 Å². The maximum absolute atomic E-state index is 12.3. The van der Waals surface area contributed by atoms with Gasteiger partial charge in [-0.05, 0) is 97.3 Å². The van der Waals surface area contributed by atoms with Crippen LogP contribution in [0.5, 0.6) is 0 Å². The first-order valence-electron chi connectivity index (χ1n) is 11.5. The topological polar surface area (TPSA) is 62.5 Å². The average Bonchev–Trinajstić information content (AvgIpc) is 3.16. The van der Waals surface area contributed by atoms with Crippen LogP contribution in [0.15, 0.2) is 35.1 Å². The number of fused-ring (bicyclic) bond motifs is 1. The highest BCUT2D eigenvalue weighted by Crippen LogP contribution is 2.64. The molecule has 5 nitrogen and oxygen atoms in total. The van der Waals surface area contributed by atoms with Gasteiger partial charge < -0.3 is 14.6 Å². The third-order valence-corrected chi connectivity index (χ3v) is 8.93. The van der Waals surface area contributed by atoms with E-state index in [9.17, 15) is 14.7 Å². The van der Waals surface area contributed by atoms with Gasteiger partial charge >= 0.3 is 6.09 Å². The molecule has 0 radical (unpaired) electrons. The van der Waals surface area contributed by atoms with Crippen molar-refractivity contribution < 1.29 is 9.90 Å². The zero-order valence-corrected chi connectivity index (χ0v) is 17.6. The number of nitrogens with zero attached hydrogens (tertiary/aromatic N) is 2. The quantitative estimate of drug-likeness (QED) is 0.793. The van der Waals surface area contributed by atoms with Gasteiger partial charge in [0.2, 0.25) is 0 Å². The Hall–Kier alpha value is -2.30. The molecular formula is C25H30N2O3. The molecule has 4 aliphatic carbocycles. The zero-order chi connectivity index (χ0) is 20.6. The molecule has 4 bridgehead atoms. The minimum absolute atomic E-state index is 0.000359. The van der Waals surface area contributed by atoms with Gasteiger partial charge in [0.1, 0.15) is 0 Å². The summed E-state index contributed by atoms with van der Waals surface area (Å²) in [5, 5.41) is 11.1. The Balaban J connectivity index is 1.44. The molecule has 5 aliphatic rings. The van der Waals surface area contributed by atoms with Gasteiger partial charge in [-0.25, -0.2) is 4.79 Å². The van der Waals surface area contributed by atoms with Crippen LogP contribution in [0.1, 0.15) is 56.4 Å². The van der Waals surface area contributed by atoms with E-state index in [1.807, 2.05) is 19.2 Å². The molecule has 1 aromatic carbocycles. The number of likely N-dealkylation sites (tertiary alicyclic amines) is 1. The number of pyridine rings is 1. The molecule has 1 aromatic heterocycles. The first-order chi connectivity index (χ1) is 14.4. The summed E-state index contributed by atoms with van der Waals surface area (Å²) in [7, 11) is 1.81. The molecule has 2 unspecified atom stereocenters. The standard InChI is InChI=1S/C25H30N2O3/c1-26-21-4-2-18(11-19(21)3-5-22(26)28)20-6-7-27(24(29)30)23(20)25-12-15-8-16(13-25)10-17(9-15)14-25/h2-5,11,15-17,20,23H,6-10,12-14H2,1H3,(H,29,30). The van der Waals surface area contributed by atoms with Crippen molar-refractivity contribution in [2.45, 2.75) is 56.9 Å². The Morgan fingerprint density at radius 1 is 1.03 bits per heavy atom. The van der Waals surface area contributed by atoms with E-state index in [0.29, 0.717) is 6.54 Å². The van der Waals surface area contributed by atoms with Gasteiger partial charge in [-0.3, -0.25) is 4.79 Å². The molecule has 4 saturated carbocycles. The van der Waals surface area contributed by atoms with Crippen molar-refractivity contribution in [2.24, 2.45) is 30.2 Å². The number of carbonyl (C=O) groups is 1. The predicted molar refractivity (Wildman–Crippen MR) is 116 cm³/mol. The number of aromatic nitrogens is 1. The predicted octanol–water partition coefficient (Wildman–Crippen LogP) is 4.59. The molecule has 1 saturated heterocycles. The lowest BCUT2D eigenvalue weighted by molar-refractivity contribution is -0.0919. The SMILES string of the molecule is Cn1c(=O)ccc2cc(C3CCN(C(=O)O)C3C34CC5CC(CC(C5)C3)C4)ccc21. The molecule has 2 heterocycles. The molecule has 30 heavy (non-hydrogen) atoms. The Kier molecular flexibility index (Phi) is 3.91. The normalized spacial score (nSPS) is 37.2. The lowest BCUT2D eigenvalue weighted by Gasteiger charge is -2.60. The van der Waals surface area contributed by atoms with Crippen molar-refractivity contribution in [1.29, 1.82) is 0 Å². The largest absolute Gasteiger partial charge is 0.465 e. The van der Waals surface area contributed by atoms with E-state index in [4.69, 9.17) is 0 Å². The molecule has 5 fully saturated rings. The second-order valence-corrected chi connectivity index (χ2v) is 10.6. The van der Waals surface area contributed by atoms with Crippen LogP contribution in [-0.4, -0.2) is 33.3 Å². The molecule has 5 heteroatoms. The zero-order valence-electron chi connectivity index (χ0n) is 17.6. The van der Waals surface area contributed by atoms with Crippen LogP contribution in [0.4, 0.5) is 4.79 Å². The minimum Gasteiger partial charge on any atom is -0.465 e. The minimum atomic E-state index is -0.749. The van der Waals surface area contributed by atoms with Crippen molar-refractivity contribution in [3.63, 3.8) is 0 Å². The Labute approximate surface area is 176 Å². The van der Waals surface area contributed by atoms with Crippen molar-refractivity contribution in [3.05, 3.63) is 46.2 Å². The summed E-state index contributed by atoms with van der Waals surface area (Å²) in [6.45, 7) is 0.637. The van der Waals surface area contributed by atoms with E-state index >= 15 is 0 Å². The van der Waals surface area contributed by atoms with Gasteiger partial charge in [-0.15, -0.1) is 0 Å². The second-order valence-electron chi connectivity index (χ2n) is 10.6. The maximum atomic E-state index is 12.3. The number of benzene rings is 1. The molecule has 2 atom stereocenters. The Morgan fingerprint density at radius 2 is 1.70 bits per heavy atom. The molecule has 7 rings (SSSR count). The van der Waals surface area contributed by atoms with E-state index in [1.54, 1.807) is 15.5 Å².